The minimum absolute atomic E-state index is 0.534. The lowest BCUT2D eigenvalue weighted by atomic mass is 9.93. The summed E-state index contributed by atoms with van der Waals surface area (Å²) < 4.78 is 14.9. The molecular formula is C48H27N5O2. The van der Waals surface area contributed by atoms with Crippen LogP contribution in [0, 0.1) is 0 Å². The number of benzene rings is 7. The molecule has 0 radical (unpaired) electrons. The summed E-state index contributed by atoms with van der Waals surface area (Å²) >= 11 is 0. The molecule has 0 aliphatic rings. The Labute approximate surface area is 312 Å². The smallest absolute Gasteiger partial charge is 0.238 e. The van der Waals surface area contributed by atoms with Crippen molar-refractivity contribution in [1.29, 1.82) is 0 Å². The first-order valence-corrected chi connectivity index (χ1v) is 18.2. The molecule has 0 aliphatic carbocycles. The lowest BCUT2D eigenvalue weighted by Gasteiger charge is -2.14. The Morgan fingerprint density at radius 2 is 1.04 bits per heavy atom. The molecule has 7 heteroatoms. The highest BCUT2D eigenvalue weighted by Gasteiger charge is 2.21. The molecule has 0 unspecified atom stereocenters. The zero-order chi connectivity index (χ0) is 36.0. The van der Waals surface area contributed by atoms with Crippen molar-refractivity contribution in [3.63, 3.8) is 0 Å². The first-order chi connectivity index (χ1) is 27.3. The molecule has 12 rings (SSSR count). The van der Waals surface area contributed by atoms with Crippen molar-refractivity contribution in [2.75, 3.05) is 0 Å². The summed E-state index contributed by atoms with van der Waals surface area (Å²) in [7, 11) is 0. The number of hydrogen-bond acceptors (Lipinski definition) is 6. The van der Waals surface area contributed by atoms with E-state index in [1.165, 1.54) is 0 Å². The molecule has 7 aromatic carbocycles. The summed E-state index contributed by atoms with van der Waals surface area (Å²) in [5.41, 5.74) is 9.10. The van der Waals surface area contributed by atoms with E-state index in [-0.39, 0.29) is 0 Å². The van der Waals surface area contributed by atoms with Gasteiger partial charge in [0.05, 0.1) is 17.2 Å². The zero-order valence-electron chi connectivity index (χ0n) is 29.1. The maximum Gasteiger partial charge on any atom is 0.238 e. The van der Waals surface area contributed by atoms with E-state index in [1.807, 2.05) is 24.3 Å². The predicted molar refractivity (Wildman–Crippen MR) is 220 cm³/mol. The minimum Gasteiger partial charge on any atom is -0.455 e. The van der Waals surface area contributed by atoms with Gasteiger partial charge in [0.15, 0.2) is 17.2 Å². The molecule has 0 atom stereocenters. The van der Waals surface area contributed by atoms with Crippen LogP contribution in [-0.2, 0) is 0 Å². The SMILES string of the molecule is c1ccc2c(c1)oc1c(-c3ccc(-c4nc(-c5ccc6c(c5)oc5cnccc56)nc(-n5c6ccccc6c6ccccc65)n4)c4ccccc34)cccc12. The molecule has 0 saturated heterocycles. The van der Waals surface area contributed by atoms with E-state index in [0.29, 0.717) is 17.6 Å². The van der Waals surface area contributed by atoms with E-state index in [0.717, 1.165) is 98.7 Å². The molecule has 0 N–H and O–H groups in total. The molecule has 5 aromatic heterocycles. The standard InChI is InChI=1S/C48H27N5O2/c1-2-11-30-29(10-1)31(37-15-9-16-38-34-14-5-8-19-42(34)55-45(37)38)22-23-39(30)47-50-46(28-20-21-35-36-24-25-49-27-44(36)54-43(35)26-28)51-48(52-47)53-40-17-6-3-12-32(40)33-13-4-7-18-41(33)53/h1-27H. The molecule has 55 heavy (non-hydrogen) atoms. The normalized spacial score (nSPS) is 12.0. The summed E-state index contributed by atoms with van der Waals surface area (Å²) in [5.74, 6) is 1.65. The average Bonchev–Trinajstić information content (AvgIpc) is 3.92. The van der Waals surface area contributed by atoms with Gasteiger partial charge in [-0.2, -0.15) is 9.97 Å². The third-order valence-electron chi connectivity index (χ3n) is 10.8. The third-order valence-corrected chi connectivity index (χ3v) is 10.8. The number of aromatic nitrogens is 5. The van der Waals surface area contributed by atoms with Gasteiger partial charge in [0.25, 0.3) is 0 Å². The highest BCUT2D eigenvalue weighted by molar-refractivity contribution is 6.14. The van der Waals surface area contributed by atoms with Crippen LogP contribution in [0.3, 0.4) is 0 Å². The van der Waals surface area contributed by atoms with Gasteiger partial charge in [-0.1, -0.05) is 109 Å². The van der Waals surface area contributed by atoms with Crippen molar-refractivity contribution in [1.82, 2.24) is 24.5 Å². The van der Waals surface area contributed by atoms with Crippen LogP contribution in [0.15, 0.2) is 173 Å². The summed E-state index contributed by atoms with van der Waals surface area (Å²) in [6.07, 6.45) is 3.54. The molecule has 12 aromatic rings. The fourth-order valence-corrected chi connectivity index (χ4v) is 8.31. The second-order valence-electron chi connectivity index (χ2n) is 13.8. The molecule has 0 aliphatic heterocycles. The van der Waals surface area contributed by atoms with Crippen molar-refractivity contribution in [2.24, 2.45) is 0 Å². The Balaban J connectivity index is 1.12. The largest absolute Gasteiger partial charge is 0.455 e. The number of fused-ring (bicyclic) bond motifs is 10. The predicted octanol–water partition coefficient (Wildman–Crippen LogP) is 12.3. The molecule has 0 saturated carbocycles. The van der Waals surface area contributed by atoms with Gasteiger partial charge in [-0.05, 0) is 58.8 Å². The van der Waals surface area contributed by atoms with Crippen molar-refractivity contribution in [3.8, 4) is 39.9 Å². The van der Waals surface area contributed by atoms with Gasteiger partial charge >= 0.3 is 0 Å². The maximum atomic E-state index is 6.50. The summed E-state index contributed by atoms with van der Waals surface area (Å²) in [5, 5.41) is 8.60. The van der Waals surface area contributed by atoms with Crippen molar-refractivity contribution >= 4 is 76.5 Å². The number of hydrogen-bond donors (Lipinski definition) is 0. The van der Waals surface area contributed by atoms with Gasteiger partial charge in [0.1, 0.15) is 16.7 Å². The van der Waals surface area contributed by atoms with E-state index < -0.39 is 0 Å². The topological polar surface area (TPSA) is 82.8 Å². The van der Waals surface area contributed by atoms with Crippen LogP contribution in [0.5, 0.6) is 0 Å². The Morgan fingerprint density at radius 1 is 0.400 bits per heavy atom. The quantitative estimate of drug-likeness (QED) is 0.181. The van der Waals surface area contributed by atoms with Gasteiger partial charge in [-0.3, -0.25) is 9.55 Å². The van der Waals surface area contributed by atoms with E-state index >= 15 is 0 Å². The second-order valence-corrected chi connectivity index (χ2v) is 13.8. The van der Waals surface area contributed by atoms with Gasteiger partial charge in [0, 0.05) is 55.2 Å². The van der Waals surface area contributed by atoms with Crippen LogP contribution in [-0.4, -0.2) is 24.5 Å². The molecule has 256 valence electrons. The first kappa shape index (κ1) is 29.9. The Morgan fingerprint density at radius 3 is 1.85 bits per heavy atom. The number of pyridine rings is 1. The van der Waals surface area contributed by atoms with E-state index in [2.05, 4.69) is 137 Å². The van der Waals surface area contributed by atoms with Crippen LogP contribution >= 0.6 is 0 Å². The van der Waals surface area contributed by atoms with Crippen LogP contribution in [0.4, 0.5) is 0 Å². The van der Waals surface area contributed by atoms with Crippen molar-refractivity contribution in [2.45, 2.75) is 0 Å². The van der Waals surface area contributed by atoms with E-state index in [4.69, 9.17) is 23.8 Å². The summed E-state index contributed by atoms with van der Waals surface area (Å²) in [6, 6.07) is 52.2. The zero-order valence-corrected chi connectivity index (χ0v) is 29.1. The van der Waals surface area contributed by atoms with Gasteiger partial charge in [0.2, 0.25) is 5.95 Å². The van der Waals surface area contributed by atoms with Crippen molar-refractivity contribution in [3.05, 3.63) is 164 Å². The molecule has 0 bridgehead atoms. The minimum atomic E-state index is 0.534. The summed E-state index contributed by atoms with van der Waals surface area (Å²) in [4.78, 5) is 20.0. The third kappa shape index (κ3) is 4.44. The maximum absolute atomic E-state index is 6.50. The highest BCUT2D eigenvalue weighted by Crippen LogP contribution is 2.41. The fourth-order valence-electron chi connectivity index (χ4n) is 8.31. The monoisotopic (exact) mass is 705 g/mol. The number of nitrogens with zero attached hydrogens (tertiary/aromatic N) is 5. The Kier molecular flexibility index (Phi) is 6.21. The lowest BCUT2D eigenvalue weighted by molar-refractivity contribution is 0.667. The second kappa shape index (κ2) is 11.4. The molecule has 0 spiro atoms. The van der Waals surface area contributed by atoms with Crippen LogP contribution in [0.25, 0.3) is 116 Å². The highest BCUT2D eigenvalue weighted by atomic mass is 16.3. The van der Waals surface area contributed by atoms with Crippen molar-refractivity contribution < 1.29 is 8.83 Å². The van der Waals surface area contributed by atoms with E-state index in [9.17, 15) is 0 Å². The Bertz CT molecular complexity index is 3470. The van der Waals surface area contributed by atoms with Gasteiger partial charge in [-0.15, -0.1) is 0 Å². The summed E-state index contributed by atoms with van der Waals surface area (Å²) in [6.45, 7) is 0. The number of rotatable bonds is 4. The van der Waals surface area contributed by atoms with Gasteiger partial charge in [-0.25, -0.2) is 4.98 Å². The molecule has 0 fully saturated rings. The van der Waals surface area contributed by atoms with Crippen LogP contribution in [0.1, 0.15) is 0 Å². The molecule has 7 nitrogen and oxygen atoms in total. The first-order valence-electron chi connectivity index (χ1n) is 18.2. The molecule has 5 heterocycles. The Hall–Kier alpha value is -7.64. The average molecular weight is 706 g/mol. The van der Waals surface area contributed by atoms with Crippen LogP contribution < -0.4 is 0 Å². The van der Waals surface area contributed by atoms with Crippen LogP contribution in [0.2, 0.25) is 0 Å². The molecule has 0 amide bonds. The number of furan rings is 2. The lowest BCUT2D eigenvalue weighted by Crippen LogP contribution is -2.06. The fraction of sp³-hybridized carbons (Fsp3) is 0. The number of para-hydroxylation sites is 4. The van der Waals surface area contributed by atoms with E-state index in [1.54, 1.807) is 12.4 Å². The van der Waals surface area contributed by atoms with Gasteiger partial charge < -0.3 is 8.83 Å². The molecular weight excluding hydrogens is 679 g/mol.